The van der Waals surface area contributed by atoms with Gasteiger partial charge in [-0.2, -0.15) is 0 Å². The molecule has 0 unspecified atom stereocenters. The number of nitrogens with zero attached hydrogens (tertiary/aromatic N) is 4. The fourth-order valence-electron chi connectivity index (χ4n) is 4.30. The molecule has 1 aliphatic heterocycles. The van der Waals surface area contributed by atoms with Crippen LogP contribution in [0.2, 0.25) is 0 Å². The zero-order valence-electron chi connectivity index (χ0n) is 19.1. The van der Waals surface area contributed by atoms with Crippen molar-refractivity contribution in [1.82, 2.24) is 25.0 Å². The predicted octanol–water partition coefficient (Wildman–Crippen LogP) is 3.50. The molecule has 1 saturated carbocycles. The second-order valence-electron chi connectivity index (χ2n) is 9.07. The third-order valence-corrected chi connectivity index (χ3v) is 6.42. The molecule has 172 valence electrons. The first-order valence-electron chi connectivity index (χ1n) is 11.9. The van der Waals surface area contributed by atoms with E-state index in [1.54, 1.807) is 0 Å². The van der Waals surface area contributed by atoms with Crippen molar-refractivity contribution in [2.24, 2.45) is 5.92 Å². The molecule has 2 heterocycles. The standard InChI is InChI=1S/C26H31N5O2/c1-19(27-26(32)22-9-10-22)25-29-28-24-13-14-30(15-16-31(24)25)17-20-7-11-23(12-8-20)33-18-21-5-3-2-4-6-21/h2-8,11-12,19,22H,9-10,13-18H2,1H3,(H,27,32)/t19-/m1/s1. The van der Waals surface area contributed by atoms with Crippen LogP contribution in [0.1, 0.15) is 48.6 Å². The number of benzene rings is 2. The summed E-state index contributed by atoms with van der Waals surface area (Å²) < 4.78 is 8.10. The summed E-state index contributed by atoms with van der Waals surface area (Å²) >= 11 is 0. The molecule has 1 fully saturated rings. The quantitative estimate of drug-likeness (QED) is 0.575. The summed E-state index contributed by atoms with van der Waals surface area (Å²) in [5, 5.41) is 11.9. The monoisotopic (exact) mass is 445 g/mol. The number of fused-ring (bicyclic) bond motifs is 1. The Labute approximate surface area is 194 Å². The third kappa shape index (κ3) is 5.42. The Bertz CT molecular complexity index is 1080. The number of nitrogens with one attached hydrogen (secondary N) is 1. The van der Waals surface area contributed by atoms with Crippen LogP contribution in [0.15, 0.2) is 54.6 Å². The lowest BCUT2D eigenvalue weighted by molar-refractivity contribution is -0.123. The molecule has 2 aromatic carbocycles. The van der Waals surface area contributed by atoms with Gasteiger partial charge in [0.25, 0.3) is 0 Å². The number of amides is 1. The minimum Gasteiger partial charge on any atom is -0.489 e. The van der Waals surface area contributed by atoms with Crippen molar-refractivity contribution >= 4 is 5.91 Å². The van der Waals surface area contributed by atoms with Crippen LogP contribution in [0.3, 0.4) is 0 Å². The smallest absolute Gasteiger partial charge is 0.223 e. The highest BCUT2D eigenvalue weighted by Gasteiger charge is 2.31. The molecule has 0 saturated heterocycles. The number of hydrogen-bond donors (Lipinski definition) is 1. The highest BCUT2D eigenvalue weighted by Crippen LogP contribution is 2.29. The second kappa shape index (κ2) is 9.75. The van der Waals surface area contributed by atoms with E-state index in [9.17, 15) is 4.79 Å². The van der Waals surface area contributed by atoms with E-state index in [-0.39, 0.29) is 17.9 Å². The first kappa shape index (κ1) is 21.6. The molecule has 33 heavy (non-hydrogen) atoms. The first-order valence-corrected chi connectivity index (χ1v) is 11.9. The number of ether oxygens (including phenoxy) is 1. The van der Waals surface area contributed by atoms with Gasteiger partial charge in [-0.05, 0) is 43.0 Å². The van der Waals surface area contributed by atoms with Gasteiger partial charge in [0.15, 0.2) is 5.82 Å². The van der Waals surface area contributed by atoms with Gasteiger partial charge in [-0.1, -0.05) is 42.5 Å². The Kier molecular flexibility index (Phi) is 6.39. The van der Waals surface area contributed by atoms with Gasteiger partial charge in [0.1, 0.15) is 18.2 Å². The normalized spacial score (nSPS) is 17.1. The molecule has 7 nitrogen and oxygen atoms in total. The number of carbonyl (C=O) groups excluding carboxylic acids is 1. The van der Waals surface area contributed by atoms with Crippen LogP contribution < -0.4 is 10.1 Å². The van der Waals surface area contributed by atoms with E-state index in [0.29, 0.717) is 6.61 Å². The zero-order valence-corrected chi connectivity index (χ0v) is 19.1. The van der Waals surface area contributed by atoms with Crippen molar-refractivity contribution in [3.8, 4) is 5.75 Å². The van der Waals surface area contributed by atoms with Crippen LogP contribution in [0.4, 0.5) is 0 Å². The second-order valence-corrected chi connectivity index (χ2v) is 9.07. The molecule has 3 aromatic rings. The summed E-state index contributed by atoms with van der Waals surface area (Å²) in [6, 6.07) is 18.5. The summed E-state index contributed by atoms with van der Waals surface area (Å²) in [5.74, 6) is 3.10. The first-order chi connectivity index (χ1) is 16.2. The lowest BCUT2D eigenvalue weighted by Crippen LogP contribution is -2.31. The van der Waals surface area contributed by atoms with E-state index >= 15 is 0 Å². The molecular formula is C26H31N5O2. The van der Waals surface area contributed by atoms with Gasteiger partial charge in [0.2, 0.25) is 5.91 Å². The Balaban J connectivity index is 1.15. The van der Waals surface area contributed by atoms with Crippen LogP contribution >= 0.6 is 0 Å². The highest BCUT2D eigenvalue weighted by atomic mass is 16.5. The minimum absolute atomic E-state index is 0.116. The van der Waals surface area contributed by atoms with Crippen LogP contribution in [0.5, 0.6) is 5.75 Å². The van der Waals surface area contributed by atoms with Crippen molar-refractivity contribution in [3.05, 3.63) is 77.4 Å². The van der Waals surface area contributed by atoms with Gasteiger partial charge in [0.05, 0.1) is 6.04 Å². The maximum absolute atomic E-state index is 12.2. The van der Waals surface area contributed by atoms with Crippen molar-refractivity contribution in [1.29, 1.82) is 0 Å². The van der Waals surface area contributed by atoms with Gasteiger partial charge in [-0.25, -0.2) is 0 Å². The molecule has 1 aromatic heterocycles. The average molecular weight is 446 g/mol. The van der Waals surface area contributed by atoms with Crippen molar-refractivity contribution in [2.75, 3.05) is 13.1 Å². The number of rotatable bonds is 8. The van der Waals surface area contributed by atoms with Gasteiger partial charge in [0, 0.05) is 38.5 Å². The van der Waals surface area contributed by atoms with E-state index in [1.165, 1.54) is 11.1 Å². The Morgan fingerprint density at radius 3 is 2.58 bits per heavy atom. The highest BCUT2D eigenvalue weighted by molar-refractivity contribution is 5.81. The van der Waals surface area contributed by atoms with Gasteiger partial charge >= 0.3 is 0 Å². The molecule has 5 rings (SSSR count). The Morgan fingerprint density at radius 2 is 1.82 bits per heavy atom. The van der Waals surface area contributed by atoms with E-state index in [4.69, 9.17) is 4.74 Å². The fraction of sp³-hybridized carbons (Fsp3) is 0.423. The van der Waals surface area contributed by atoms with Crippen molar-refractivity contribution in [2.45, 2.75) is 51.9 Å². The largest absolute Gasteiger partial charge is 0.489 e. The van der Waals surface area contributed by atoms with Crippen LogP contribution in [-0.4, -0.2) is 38.7 Å². The lowest BCUT2D eigenvalue weighted by atomic mass is 10.2. The maximum Gasteiger partial charge on any atom is 0.223 e. The van der Waals surface area contributed by atoms with E-state index in [0.717, 1.165) is 62.8 Å². The number of aromatic nitrogens is 3. The number of hydrogen-bond acceptors (Lipinski definition) is 5. The molecule has 2 aliphatic rings. The van der Waals surface area contributed by atoms with Crippen LogP contribution in [-0.2, 0) is 30.9 Å². The van der Waals surface area contributed by atoms with Crippen LogP contribution in [0.25, 0.3) is 0 Å². The van der Waals surface area contributed by atoms with Gasteiger partial charge < -0.3 is 14.6 Å². The zero-order chi connectivity index (χ0) is 22.6. The van der Waals surface area contributed by atoms with Crippen molar-refractivity contribution in [3.63, 3.8) is 0 Å². The SMILES string of the molecule is C[C@@H](NC(=O)C1CC1)c1nnc2n1CCN(Cc1ccc(OCc3ccccc3)cc1)CC2. The molecule has 0 spiro atoms. The molecule has 0 radical (unpaired) electrons. The summed E-state index contributed by atoms with van der Waals surface area (Å²) in [7, 11) is 0. The third-order valence-electron chi connectivity index (χ3n) is 6.42. The molecular weight excluding hydrogens is 414 g/mol. The molecule has 1 aliphatic carbocycles. The molecule has 1 amide bonds. The van der Waals surface area contributed by atoms with Crippen LogP contribution in [0, 0.1) is 5.92 Å². The summed E-state index contributed by atoms with van der Waals surface area (Å²) in [6.07, 6.45) is 2.87. The van der Waals surface area contributed by atoms with Gasteiger partial charge in [-0.3, -0.25) is 9.69 Å². The van der Waals surface area contributed by atoms with E-state index < -0.39 is 0 Å². The van der Waals surface area contributed by atoms with Gasteiger partial charge in [-0.15, -0.1) is 10.2 Å². The summed E-state index contributed by atoms with van der Waals surface area (Å²) in [6.45, 7) is 6.16. The molecule has 7 heteroatoms. The minimum atomic E-state index is -0.116. The Morgan fingerprint density at radius 1 is 1.03 bits per heavy atom. The Hall–Kier alpha value is -3.19. The fourth-order valence-corrected chi connectivity index (χ4v) is 4.30. The molecule has 1 N–H and O–H groups in total. The maximum atomic E-state index is 12.2. The predicted molar refractivity (Wildman–Crippen MR) is 126 cm³/mol. The lowest BCUT2D eigenvalue weighted by Gasteiger charge is -2.20. The topological polar surface area (TPSA) is 72.3 Å². The summed E-state index contributed by atoms with van der Waals surface area (Å²) in [4.78, 5) is 14.6. The van der Waals surface area contributed by atoms with Crippen molar-refractivity contribution < 1.29 is 9.53 Å². The molecule has 0 bridgehead atoms. The number of carbonyl (C=O) groups is 1. The summed E-state index contributed by atoms with van der Waals surface area (Å²) in [5.41, 5.74) is 2.43. The van der Waals surface area contributed by atoms with E-state index in [2.05, 4.69) is 49.2 Å². The molecule has 1 atom stereocenters. The average Bonchev–Trinajstić information content (AvgIpc) is 3.64. The van der Waals surface area contributed by atoms with E-state index in [1.807, 2.05) is 37.3 Å².